The van der Waals surface area contributed by atoms with Crippen molar-refractivity contribution in [1.29, 1.82) is 0 Å². The molecule has 8 N–H and O–H groups in total. The number of amides is 2. The molecule has 3 aliphatic carbocycles. The molecular formula is C31H32BrN3O10. The molecule has 14 heteroatoms. The molecule has 1 fully saturated rings. The fraction of sp³-hybridized carbons (Fsp3) is 0.355. The van der Waals surface area contributed by atoms with Gasteiger partial charge in [0.2, 0.25) is 11.7 Å². The molecule has 0 bridgehead atoms. The van der Waals surface area contributed by atoms with E-state index >= 15 is 0 Å². The normalized spacial score (nSPS) is 28.3. The standard InChI is InChI=1S/C31H32BrN3O10/c1-11-14-9-10-15(34-30(43)21(32)12-5-7-13(45-4)8-6-12)23(36)17(14)24(37)18-16(11)25(38)20-22(35(2)3)26(39)19(29(33)42)28(41)31(20,44)27(18)40/h5-11,16,20-22,25,36-38,41,44H,1-4H3,(H2,33,42)(H,34,43)/t11?,16?,20?,21?,22-,25?,31?/m0/s1. The molecule has 1 saturated carbocycles. The zero-order valence-electron chi connectivity index (χ0n) is 24.6. The lowest BCUT2D eigenvalue weighted by Crippen LogP contribution is -2.70. The second-order valence-corrected chi connectivity index (χ2v) is 12.5. The summed E-state index contributed by atoms with van der Waals surface area (Å²) in [5, 5.41) is 59.9. The van der Waals surface area contributed by atoms with E-state index in [1.54, 1.807) is 31.2 Å². The molecule has 13 nitrogen and oxygen atoms in total. The van der Waals surface area contributed by atoms with Crippen LogP contribution < -0.4 is 15.8 Å². The molecule has 7 atom stereocenters. The molecule has 0 aromatic heterocycles. The molecular weight excluding hydrogens is 654 g/mol. The Morgan fingerprint density at radius 1 is 1.09 bits per heavy atom. The van der Waals surface area contributed by atoms with Crippen molar-refractivity contribution in [3.63, 3.8) is 0 Å². The summed E-state index contributed by atoms with van der Waals surface area (Å²) in [6, 6.07) is 8.16. The van der Waals surface area contributed by atoms with Crippen LogP contribution in [0, 0.1) is 11.8 Å². The summed E-state index contributed by atoms with van der Waals surface area (Å²) in [4.78, 5) is 53.1. The second kappa shape index (κ2) is 11.3. The van der Waals surface area contributed by atoms with E-state index in [1.165, 1.54) is 38.2 Å². The number of alkyl halides is 1. The number of aromatic hydroxyl groups is 1. The van der Waals surface area contributed by atoms with Crippen LogP contribution in [0.15, 0.2) is 53.3 Å². The fourth-order valence-electron chi connectivity index (χ4n) is 6.84. The molecule has 45 heavy (non-hydrogen) atoms. The first-order valence-corrected chi connectivity index (χ1v) is 14.8. The van der Waals surface area contributed by atoms with Crippen molar-refractivity contribution < 1.29 is 49.4 Å². The number of carbonyl (C=O) groups excluding carboxylic acids is 4. The summed E-state index contributed by atoms with van der Waals surface area (Å²) >= 11 is 3.33. The number of halogens is 1. The zero-order valence-corrected chi connectivity index (χ0v) is 26.2. The number of hydrogen-bond donors (Lipinski definition) is 7. The van der Waals surface area contributed by atoms with Gasteiger partial charge in [-0.05, 0) is 49.3 Å². The summed E-state index contributed by atoms with van der Waals surface area (Å²) in [6.45, 7) is 1.62. The number of phenolic OH excluding ortho intramolecular Hbond substituents is 1. The third-order valence-electron chi connectivity index (χ3n) is 9.03. The van der Waals surface area contributed by atoms with Crippen LogP contribution in [0.1, 0.15) is 34.4 Å². The largest absolute Gasteiger partial charge is 0.508 e. The first kappa shape index (κ1) is 32.2. The van der Waals surface area contributed by atoms with Crippen LogP contribution in [0.3, 0.4) is 0 Å². The highest BCUT2D eigenvalue weighted by Crippen LogP contribution is 2.56. The Balaban J connectivity index is 1.61. The smallest absolute Gasteiger partial charge is 0.255 e. The number of nitrogens with zero attached hydrogens (tertiary/aromatic N) is 1. The van der Waals surface area contributed by atoms with Gasteiger partial charge in [0.1, 0.15) is 33.4 Å². The van der Waals surface area contributed by atoms with Gasteiger partial charge in [0.15, 0.2) is 11.4 Å². The number of nitrogens with two attached hydrogens (primary N) is 1. The van der Waals surface area contributed by atoms with E-state index in [9.17, 15) is 44.7 Å². The van der Waals surface area contributed by atoms with Crippen molar-refractivity contribution in [3.05, 3.63) is 70.0 Å². The van der Waals surface area contributed by atoms with Crippen LogP contribution in [-0.2, 0) is 19.2 Å². The van der Waals surface area contributed by atoms with Gasteiger partial charge in [-0.3, -0.25) is 24.1 Å². The van der Waals surface area contributed by atoms with E-state index in [4.69, 9.17) is 10.5 Å². The Morgan fingerprint density at radius 2 is 1.71 bits per heavy atom. The minimum atomic E-state index is -3.02. The predicted molar refractivity (Wildman–Crippen MR) is 164 cm³/mol. The Bertz CT molecular complexity index is 1700. The maximum atomic E-state index is 14.1. The fourth-order valence-corrected chi connectivity index (χ4v) is 7.26. The van der Waals surface area contributed by atoms with Gasteiger partial charge in [-0.2, -0.15) is 0 Å². The van der Waals surface area contributed by atoms with Crippen LogP contribution in [0.2, 0.25) is 0 Å². The summed E-state index contributed by atoms with van der Waals surface area (Å²) in [6.07, 6.45) is -1.71. The number of primary amides is 1. The molecule has 2 amide bonds. The van der Waals surface area contributed by atoms with Gasteiger partial charge in [0, 0.05) is 11.5 Å². The second-order valence-electron chi connectivity index (χ2n) is 11.6. The number of ether oxygens (including phenoxy) is 1. The van der Waals surface area contributed by atoms with Crippen molar-refractivity contribution in [3.8, 4) is 11.5 Å². The van der Waals surface area contributed by atoms with E-state index in [0.29, 0.717) is 16.9 Å². The third-order valence-corrected chi connectivity index (χ3v) is 9.97. The van der Waals surface area contributed by atoms with Gasteiger partial charge in [-0.25, -0.2) is 0 Å². The van der Waals surface area contributed by atoms with E-state index in [-0.39, 0.29) is 11.3 Å². The van der Waals surface area contributed by atoms with Crippen LogP contribution in [0.5, 0.6) is 11.5 Å². The Morgan fingerprint density at radius 3 is 2.27 bits per heavy atom. The summed E-state index contributed by atoms with van der Waals surface area (Å²) < 4.78 is 5.14. The van der Waals surface area contributed by atoms with Gasteiger partial charge in [0.05, 0.1) is 36.4 Å². The lowest BCUT2D eigenvalue weighted by Gasteiger charge is -2.53. The lowest BCUT2D eigenvalue weighted by atomic mass is 9.54. The molecule has 5 rings (SSSR count). The van der Waals surface area contributed by atoms with Crippen molar-refractivity contribution >= 4 is 50.8 Å². The maximum absolute atomic E-state index is 14.1. The summed E-state index contributed by atoms with van der Waals surface area (Å²) in [7, 11) is 4.38. The number of likely N-dealkylation sites (N-methyl/N-ethyl adjacent to an activating group) is 1. The summed E-state index contributed by atoms with van der Waals surface area (Å²) in [5.74, 6) is -9.98. The van der Waals surface area contributed by atoms with Crippen LogP contribution in [0.25, 0.3) is 5.76 Å². The number of Topliss-reactive ketones (excluding diaryl/α,β-unsaturated/α-hetero) is 2. The van der Waals surface area contributed by atoms with E-state index in [1.807, 2.05) is 0 Å². The Kier molecular flexibility index (Phi) is 8.06. The van der Waals surface area contributed by atoms with Gasteiger partial charge in [-0.15, -0.1) is 0 Å². The quantitative estimate of drug-likeness (QED) is 0.131. The average molecular weight is 687 g/mol. The molecule has 0 radical (unpaired) electrons. The maximum Gasteiger partial charge on any atom is 0.255 e. The number of aliphatic hydroxyl groups is 4. The van der Waals surface area contributed by atoms with Gasteiger partial charge >= 0.3 is 0 Å². The molecule has 0 heterocycles. The molecule has 2 aromatic rings. The highest BCUT2D eigenvalue weighted by atomic mass is 79.9. The number of aliphatic hydroxyl groups excluding tert-OH is 3. The molecule has 2 aromatic carbocycles. The van der Waals surface area contributed by atoms with E-state index in [0.717, 1.165) is 0 Å². The topological polar surface area (TPSA) is 220 Å². The number of fused-ring (bicyclic) bond motifs is 3. The summed E-state index contributed by atoms with van der Waals surface area (Å²) in [5.41, 5.74) is 1.35. The van der Waals surface area contributed by atoms with Crippen LogP contribution in [0.4, 0.5) is 5.69 Å². The molecule has 3 aliphatic rings. The minimum absolute atomic E-state index is 0.107. The zero-order chi connectivity index (χ0) is 33.3. The van der Waals surface area contributed by atoms with Crippen LogP contribution in [-0.4, -0.2) is 92.8 Å². The van der Waals surface area contributed by atoms with E-state index < -0.39 is 92.1 Å². The molecule has 0 aliphatic heterocycles. The van der Waals surface area contributed by atoms with E-state index in [2.05, 4.69) is 21.2 Å². The number of anilines is 1. The number of benzene rings is 2. The molecule has 0 spiro atoms. The van der Waals surface area contributed by atoms with Crippen molar-refractivity contribution in [2.75, 3.05) is 26.5 Å². The Labute approximate surface area is 265 Å². The molecule has 6 unspecified atom stereocenters. The number of nitrogens with one attached hydrogen (secondary N) is 1. The molecule has 238 valence electrons. The highest BCUT2D eigenvalue weighted by molar-refractivity contribution is 9.09. The van der Waals surface area contributed by atoms with Crippen molar-refractivity contribution in [1.82, 2.24) is 4.90 Å². The molecule has 0 saturated heterocycles. The van der Waals surface area contributed by atoms with Gasteiger partial charge in [-0.1, -0.05) is 41.1 Å². The van der Waals surface area contributed by atoms with Crippen molar-refractivity contribution in [2.24, 2.45) is 17.6 Å². The highest BCUT2D eigenvalue weighted by Gasteiger charge is 2.68. The number of ketones is 2. The van der Waals surface area contributed by atoms with Gasteiger partial charge < -0.3 is 41.3 Å². The third kappa shape index (κ3) is 4.62. The first-order chi connectivity index (χ1) is 21.1. The van der Waals surface area contributed by atoms with Crippen molar-refractivity contribution in [2.45, 2.75) is 35.4 Å². The minimum Gasteiger partial charge on any atom is -0.508 e. The first-order valence-electron chi connectivity index (χ1n) is 13.9. The lowest BCUT2D eigenvalue weighted by molar-refractivity contribution is -0.169. The SMILES string of the molecule is COc1ccc(C(Br)C(=O)Nc2ccc3c(c2O)C(O)=C2C(=O)C4(O)C(O)=C(C(N)=O)C(=O)[C@@H](N(C)C)C4C(O)C2C3C)cc1. The van der Waals surface area contributed by atoms with Crippen LogP contribution >= 0.6 is 15.9 Å². The predicted octanol–water partition coefficient (Wildman–Crippen LogP) is 1.58. The van der Waals surface area contributed by atoms with Gasteiger partial charge in [0.25, 0.3) is 5.91 Å². The number of methoxy groups -OCH3 is 1. The Hall–Kier alpha value is -4.24. The number of phenols is 1. The number of carbonyl (C=O) groups is 4. The monoisotopic (exact) mass is 685 g/mol. The average Bonchev–Trinajstić information content (AvgIpc) is 2.99. The number of rotatable bonds is 6. The number of hydrogen-bond acceptors (Lipinski definition) is 11.